The first-order chi connectivity index (χ1) is 9.51. The van der Waals surface area contributed by atoms with Crippen LogP contribution in [0.25, 0.3) is 0 Å². The average Bonchev–Trinajstić information content (AvgIpc) is 2.41. The van der Waals surface area contributed by atoms with Gasteiger partial charge in [-0.3, -0.25) is 0 Å². The van der Waals surface area contributed by atoms with E-state index in [9.17, 15) is 4.39 Å². The maximum atomic E-state index is 13.1. The van der Waals surface area contributed by atoms with Gasteiger partial charge in [0.25, 0.3) is 0 Å². The Morgan fingerprint density at radius 2 is 1.85 bits per heavy atom. The van der Waals surface area contributed by atoms with E-state index in [1.165, 1.54) is 28.8 Å². The number of halogens is 2. The van der Waals surface area contributed by atoms with Crippen molar-refractivity contribution >= 4 is 15.9 Å². The highest BCUT2D eigenvalue weighted by atomic mass is 79.9. The SMILES string of the molecule is CNC(Cc1ccc(F)cc1Br)c1ccc(C)c(C)c1. The summed E-state index contributed by atoms with van der Waals surface area (Å²) >= 11 is 3.44. The van der Waals surface area contributed by atoms with E-state index in [2.05, 4.69) is 53.3 Å². The number of likely N-dealkylation sites (N-methyl/N-ethyl adjacent to an activating group) is 1. The lowest BCUT2D eigenvalue weighted by molar-refractivity contribution is 0.587. The van der Waals surface area contributed by atoms with Gasteiger partial charge in [0.15, 0.2) is 0 Å². The summed E-state index contributed by atoms with van der Waals surface area (Å²) in [6, 6.07) is 11.6. The third-order valence-corrected chi connectivity index (χ3v) is 4.46. The normalized spacial score (nSPS) is 12.4. The molecular formula is C17H19BrFN. The lowest BCUT2D eigenvalue weighted by Gasteiger charge is -2.19. The van der Waals surface area contributed by atoms with E-state index in [-0.39, 0.29) is 11.9 Å². The zero-order valence-electron chi connectivity index (χ0n) is 12.0. The average molecular weight is 336 g/mol. The van der Waals surface area contributed by atoms with Crippen molar-refractivity contribution in [1.29, 1.82) is 0 Å². The van der Waals surface area contributed by atoms with Crippen LogP contribution in [0.3, 0.4) is 0 Å². The molecule has 0 aromatic heterocycles. The Labute approximate surface area is 128 Å². The van der Waals surface area contributed by atoms with Gasteiger partial charge in [-0.1, -0.05) is 40.2 Å². The van der Waals surface area contributed by atoms with E-state index in [0.29, 0.717) is 0 Å². The Kier molecular flexibility index (Phi) is 4.95. The molecule has 0 aliphatic carbocycles. The van der Waals surface area contributed by atoms with E-state index >= 15 is 0 Å². The summed E-state index contributed by atoms with van der Waals surface area (Å²) in [5.74, 6) is -0.215. The molecule has 1 atom stereocenters. The third-order valence-electron chi connectivity index (χ3n) is 3.72. The number of benzene rings is 2. The van der Waals surface area contributed by atoms with Crippen molar-refractivity contribution in [1.82, 2.24) is 5.32 Å². The molecule has 1 unspecified atom stereocenters. The number of aryl methyl sites for hydroxylation is 2. The fourth-order valence-electron chi connectivity index (χ4n) is 2.28. The fourth-order valence-corrected chi connectivity index (χ4v) is 2.79. The Balaban J connectivity index is 2.26. The molecule has 0 radical (unpaired) electrons. The highest BCUT2D eigenvalue weighted by Gasteiger charge is 2.13. The third kappa shape index (κ3) is 3.47. The summed E-state index contributed by atoms with van der Waals surface area (Å²) in [5.41, 5.74) is 4.95. The Morgan fingerprint density at radius 3 is 2.45 bits per heavy atom. The summed E-state index contributed by atoms with van der Waals surface area (Å²) in [6.45, 7) is 4.24. The molecule has 0 aliphatic heterocycles. The van der Waals surface area contributed by atoms with Gasteiger partial charge in [-0.15, -0.1) is 0 Å². The molecule has 0 aliphatic rings. The van der Waals surface area contributed by atoms with Crippen molar-refractivity contribution in [3.63, 3.8) is 0 Å². The van der Waals surface area contributed by atoms with Crippen LogP contribution >= 0.6 is 15.9 Å². The first-order valence-corrected chi connectivity index (χ1v) is 7.49. The summed E-state index contributed by atoms with van der Waals surface area (Å²) in [5, 5.41) is 3.34. The number of rotatable bonds is 4. The number of hydrogen-bond acceptors (Lipinski definition) is 1. The van der Waals surface area contributed by atoms with Crippen molar-refractivity contribution in [2.24, 2.45) is 0 Å². The fraction of sp³-hybridized carbons (Fsp3) is 0.294. The maximum absolute atomic E-state index is 13.1. The minimum absolute atomic E-state index is 0.215. The van der Waals surface area contributed by atoms with E-state index < -0.39 is 0 Å². The minimum Gasteiger partial charge on any atom is -0.313 e. The van der Waals surface area contributed by atoms with Gasteiger partial charge in [0.2, 0.25) is 0 Å². The molecule has 0 amide bonds. The summed E-state index contributed by atoms with van der Waals surface area (Å²) < 4.78 is 14.0. The van der Waals surface area contributed by atoms with Crippen LogP contribution in [-0.4, -0.2) is 7.05 Å². The second-order valence-corrected chi connectivity index (χ2v) is 5.98. The molecule has 0 spiro atoms. The van der Waals surface area contributed by atoms with Gasteiger partial charge in [-0.2, -0.15) is 0 Å². The van der Waals surface area contributed by atoms with E-state index in [0.717, 1.165) is 16.5 Å². The first-order valence-electron chi connectivity index (χ1n) is 6.69. The quantitative estimate of drug-likeness (QED) is 0.853. The van der Waals surface area contributed by atoms with Gasteiger partial charge < -0.3 is 5.32 Å². The zero-order valence-corrected chi connectivity index (χ0v) is 13.6. The van der Waals surface area contributed by atoms with Gasteiger partial charge in [0.1, 0.15) is 5.82 Å². The van der Waals surface area contributed by atoms with Crippen LogP contribution in [0.2, 0.25) is 0 Å². The molecule has 0 saturated heterocycles. The van der Waals surface area contributed by atoms with Gasteiger partial charge in [-0.25, -0.2) is 4.39 Å². The van der Waals surface area contributed by atoms with Crippen LogP contribution < -0.4 is 5.32 Å². The monoisotopic (exact) mass is 335 g/mol. The van der Waals surface area contributed by atoms with Crippen LogP contribution in [0.15, 0.2) is 40.9 Å². The van der Waals surface area contributed by atoms with Crippen molar-refractivity contribution in [3.8, 4) is 0 Å². The van der Waals surface area contributed by atoms with Crippen molar-refractivity contribution in [3.05, 3.63) is 68.9 Å². The molecule has 106 valence electrons. The predicted octanol–water partition coefficient (Wildman–Crippen LogP) is 4.71. The molecular weight excluding hydrogens is 317 g/mol. The molecule has 1 nitrogen and oxygen atoms in total. The Hall–Kier alpha value is -1.19. The van der Waals surface area contributed by atoms with Crippen molar-refractivity contribution in [2.75, 3.05) is 7.05 Å². The summed E-state index contributed by atoms with van der Waals surface area (Å²) in [6.07, 6.45) is 0.819. The van der Waals surface area contributed by atoms with Crippen molar-refractivity contribution in [2.45, 2.75) is 26.3 Å². The summed E-state index contributed by atoms with van der Waals surface area (Å²) in [7, 11) is 1.96. The smallest absolute Gasteiger partial charge is 0.124 e. The molecule has 2 aromatic carbocycles. The molecule has 0 heterocycles. The van der Waals surface area contributed by atoms with Crippen LogP contribution in [0.5, 0.6) is 0 Å². The predicted molar refractivity (Wildman–Crippen MR) is 85.5 cm³/mol. The van der Waals surface area contributed by atoms with Crippen molar-refractivity contribution < 1.29 is 4.39 Å². The van der Waals surface area contributed by atoms with Gasteiger partial charge in [-0.05, 0) is 61.7 Å². The van der Waals surface area contributed by atoms with E-state index in [1.807, 2.05) is 13.1 Å². The highest BCUT2D eigenvalue weighted by Crippen LogP contribution is 2.25. The van der Waals surface area contributed by atoms with Crippen LogP contribution in [0, 0.1) is 19.7 Å². The maximum Gasteiger partial charge on any atom is 0.124 e. The molecule has 0 bridgehead atoms. The number of nitrogens with one attached hydrogen (secondary N) is 1. The molecule has 0 saturated carbocycles. The van der Waals surface area contributed by atoms with Crippen LogP contribution in [0.1, 0.15) is 28.3 Å². The second-order valence-electron chi connectivity index (χ2n) is 5.12. The molecule has 3 heteroatoms. The minimum atomic E-state index is -0.215. The van der Waals surface area contributed by atoms with Crippen LogP contribution in [0.4, 0.5) is 4.39 Å². The molecule has 20 heavy (non-hydrogen) atoms. The van der Waals surface area contributed by atoms with Gasteiger partial charge in [0, 0.05) is 10.5 Å². The molecule has 2 rings (SSSR count). The highest BCUT2D eigenvalue weighted by molar-refractivity contribution is 9.10. The Morgan fingerprint density at radius 1 is 1.10 bits per heavy atom. The van der Waals surface area contributed by atoms with E-state index in [4.69, 9.17) is 0 Å². The second kappa shape index (κ2) is 6.51. The first kappa shape index (κ1) is 15.2. The lowest BCUT2D eigenvalue weighted by Crippen LogP contribution is -2.19. The topological polar surface area (TPSA) is 12.0 Å². The van der Waals surface area contributed by atoms with Gasteiger partial charge >= 0.3 is 0 Å². The van der Waals surface area contributed by atoms with Gasteiger partial charge in [0.05, 0.1) is 0 Å². The largest absolute Gasteiger partial charge is 0.313 e. The summed E-state index contributed by atoms with van der Waals surface area (Å²) in [4.78, 5) is 0. The molecule has 0 fully saturated rings. The lowest BCUT2D eigenvalue weighted by atomic mass is 9.96. The molecule has 1 N–H and O–H groups in total. The Bertz CT molecular complexity index is 610. The van der Waals surface area contributed by atoms with Crippen LogP contribution in [-0.2, 0) is 6.42 Å². The number of hydrogen-bond donors (Lipinski definition) is 1. The van der Waals surface area contributed by atoms with E-state index in [1.54, 1.807) is 0 Å². The standard InChI is InChI=1S/C17H19BrFN/c1-11-4-5-14(8-12(11)2)17(20-3)9-13-6-7-15(19)10-16(13)18/h4-8,10,17,20H,9H2,1-3H3. The molecule has 2 aromatic rings. The zero-order chi connectivity index (χ0) is 14.7.